The number of likely N-dealkylation sites (tertiary alicyclic amines) is 1. The summed E-state index contributed by atoms with van der Waals surface area (Å²) in [6.45, 7) is 3.11. The number of nitrogens with zero attached hydrogens (tertiary/aromatic N) is 3. The predicted molar refractivity (Wildman–Crippen MR) is 73.5 cm³/mol. The molecule has 0 bridgehead atoms. The number of carbonyl (C=O) groups is 1. The first-order chi connectivity index (χ1) is 9.72. The summed E-state index contributed by atoms with van der Waals surface area (Å²) in [5.74, 6) is 0.635. The first-order valence-electron chi connectivity index (χ1n) is 6.52. The number of amides is 1. The van der Waals surface area contributed by atoms with Crippen molar-refractivity contribution < 1.29 is 9.53 Å². The maximum Gasteiger partial charge on any atom is 0.254 e. The molecule has 3 heterocycles. The van der Waals surface area contributed by atoms with Crippen LogP contribution in [0.2, 0.25) is 0 Å². The van der Waals surface area contributed by atoms with Gasteiger partial charge in [-0.3, -0.25) is 9.78 Å². The largest absolute Gasteiger partial charge is 0.471 e. The fourth-order valence-corrected chi connectivity index (χ4v) is 2.11. The standard InChI is InChI=1S/C15H15N3O2/c1-11-3-2-4-14(17-11)20-13-9-18(10-13)15(19)12-5-7-16-8-6-12/h2-8,13H,9-10H2,1H3. The number of hydrogen-bond donors (Lipinski definition) is 0. The second kappa shape index (κ2) is 5.28. The fourth-order valence-electron chi connectivity index (χ4n) is 2.11. The molecule has 5 heteroatoms. The Kier molecular flexibility index (Phi) is 3.33. The topological polar surface area (TPSA) is 55.3 Å². The van der Waals surface area contributed by atoms with E-state index in [0.717, 1.165) is 5.69 Å². The van der Waals surface area contributed by atoms with E-state index >= 15 is 0 Å². The van der Waals surface area contributed by atoms with Crippen LogP contribution in [-0.4, -0.2) is 40.0 Å². The first kappa shape index (κ1) is 12.6. The SMILES string of the molecule is Cc1cccc(OC2CN(C(=O)c3ccncc3)C2)n1. The van der Waals surface area contributed by atoms with Crippen molar-refractivity contribution >= 4 is 5.91 Å². The van der Waals surface area contributed by atoms with E-state index in [4.69, 9.17) is 4.74 Å². The van der Waals surface area contributed by atoms with Crippen LogP contribution in [0.25, 0.3) is 0 Å². The van der Waals surface area contributed by atoms with Crippen LogP contribution in [0.1, 0.15) is 16.1 Å². The summed E-state index contributed by atoms with van der Waals surface area (Å²) in [6, 6.07) is 9.11. The van der Waals surface area contributed by atoms with Crippen LogP contribution in [0.4, 0.5) is 0 Å². The smallest absolute Gasteiger partial charge is 0.254 e. The number of aryl methyl sites for hydroxylation is 1. The Balaban J connectivity index is 1.55. The van der Waals surface area contributed by atoms with Crippen molar-refractivity contribution in [2.24, 2.45) is 0 Å². The average molecular weight is 269 g/mol. The van der Waals surface area contributed by atoms with Crippen molar-refractivity contribution in [1.82, 2.24) is 14.9 Å². The monoisotopic (exact) mass is 269 g/mol. The van der Waals surface area contributed by atoms with E-state index in [1.54, 1.807) is 29.4 Å². The molecule has 0 N–H and O–H groups in total. The zero-order valence-corrected chi connectivity index (χ0v) is 11.2. The molecule has 102 valence electrons. The third-order valence-electron chi connectivity index (χ3n) is 3.21. The Morgan fingerprint density at radius 1 is 1.25 bits per heavy atom. The zero-order valence-electron chi connectivity index (χ0n) is 11.2. The Morgan fingerprint density at radius 3 is 2.70 bits per heavy atom. The average Bonchev–Trinajstić information content (AvgIpc) is 2.43. The molecule has 20 heavy (non-hydrogen) atoms. The van der Waals surface area contributed by atoms with Gasteiger partial charge in [0.1, 0.15) is 6.10 Å². The van der Waals surface area contributed by atoms with Crippen molar-refractivity contribution in [2.45, 2.75) is 13.0 Å². The lowest BCUT2D eigenvalue weighted by atomic mass is 10.1. The van der Waals surface area contributed by atoms with Crippen LogP contribution in [-0.2, 0) is 0 Å². The van der Waals surface area contributed by atoms with Gasteiger partial charge >= 0.3 is 0 Å². The molecular formula is C15H15N3O2. The van der Waals surface area contributed by atoms with Crippen LogP contribution in [0.3, 0.4) is 0 Å². The number of aromatic nitrogens is 2. The Bertz CT molecular complexity index is 610. The molecule has 0 radical (unpaired) electrons. The Labute approximate surface area is 117 Å². The van der Waals surface area contributed by atoms with Crippen molar-refractivity contribution in [3.63, 3.8) is 0 Å². The van der Waals surface area contributed by atoms with Crippen LogP contribution in [0.15, 0.2) is 42.7 Å². The van der Waals surface area contributed by atoms with Crippen molar-refractivity contribution in [2.75, 3.05) is 13.1 Å². The van der Waals surface area contributed by atoms with Gasteiger partial charge in [0, 0.05) is 29.7 Å². The van der Waals surface area contributed by atoms with Gasteiger partial charge in [-0.05, 0) is 25.1 Å². The second-order valence-corrected chi connectivity index (χ2v) is 4.80. The Hall–Kier alpha value is -2.43. The molecule has 0 atom stereocenters. The highest BCUT2D eigenvalue weighted by Crippen LogP contribution is 2.18. The van der Waals surface area contributed by atoms with Crippen LogP contribution in [0.5, 0.6) is 5.88 Å². The molecule has 1 amide bonds. The molecule has 1 fully saturated rings. The van der Waals surface area contributed by atoms with E-state index in [2.05, 4.69) is 9.97 Å². The molecule has 2 aromatic rings. The van der Waals surface area contributed by atoms with Crippen molar-refractivity contribution in [1.29, 1.82) is 0 Å². The first-order valence-corrected chi connectivity index (χ1v) is 6.52. The summed E-state index contributed by atoms with van der Waals surface area (Å²) in [7, 11) is 0. The van der Waals surface area contributed by atoms with Crippen molar-refractivity contribution in [3.8, 4) is 5.88 Å². The fraction of sp³-hybridized carbons (Fsp3) is 0.267. The van der Waals surface area contributed by atoms with E-state index in [-0.39, 0.29) is 12.0 Å². The summed E-state index contributed by atoms with van der Waals surface area (Å²) in [5.41, 5.74) is 1.58. The molecule has 0 saturated carbocycles. The number of pyridine rings is 2. The summed E-state index contributed by atoms with van der Waals surface area (Å²) >= 11 is 0. The molecule has 0 spiro atoms. The van der Waals surface area contributed by atoms with Gasteiger partial charge in [0.2, 0.25) is 5.88 Å². The van der Waals surface area contributed by atoms with Gasteiger partial charge in [0.05, 0.1) is 13.1 Å². The number of ether oxygens (including phenoxy) is 1. The molecule has 1 aliphatic rings. The predicted octanol–water partition coefficient (Wildman–Crippen LogP) is 1.69. The van der Waals surface area contributed by atoms with Gasteiger partial charge < -0.3 is 9.64 Å². The molecule has 0 aromatic carbocycles. The number of rotatable bonds is 3. The minimum Gasteiger partial charge on any atom is -0.471 e. The molecule has 2 aromatic heterocycles. The minimum absolute atomic E-state index is 0.0180. The molecule has 5 nitrogen and oxygen atoms in total. The normalized spacial score (nSPS) is 14.8. The van der Waals surface area contributed by atoms with E-state index in [1.165, 1.54) is 0 Å². The van der Waals surface area contributed by atoms with Gasteiger partial charge in [0.15, 0.2) is 0 Å². The van der Waals surface area contributed by atoms with E-state index < -0.39 is 0 Å². The van der Waals surface area contributed by atoms with E-state index in [9.17, 15) is 4.79 Å². The maximum atomic E-state index is 12.1. The summed E-state index contributed by atoms with van der Waals surface area (Å²) < 4.78 is 5.73. The maximum absolute atomic E-state index is 12.1. The van der Waals surface area contributed by atoms with Crippen LogP contribution in [0, 0.1) is 6.92 Å². The molecule has 0 unspecified atom stereocenters. The lowest BCUT2D eigenvalue weighted by molar-refractivity contribution is 0.0159. The van der Waals surface area contributed by atoms with Gasteiger partial charge in [-0.15, -0.1) is 0 Å². The summed E-state index contributed by atoms with van der Waals surface area (Å²) in [6.07, 6.45) is 3.27. The van der Waals surface area contributed by atoms with Gasteiger partial charge in [-0.25, -0.2) is 4.98 Å². The van der Waals surface area contributed by atoms with Gasteiger partial charge in [0.25, 0.3) is 5.91 Å². The summed E-state index contributed by atoms with van der Waals surface area (Å²) in [4.78, 5) is 22.1. The van der Waals surface area contributed by atoms with E-state index in [1.807, 2.05) is 25.1 Å². The summed E-state index contributed by atoms with van der Waals surface area (Å²) in [5, 5.41) is 0. The van der Waals surface area contributed by atoms with Crippen molar-refractivity contribution in [3.05, 3.63) is 54.0 Å². The highest BCUT2D eigenvalue weighted by atomic mass is 16.5. The third kappa shape index (κ3) is 2.61. The second-order valence-electron chi connectivity index (χ2n) is 4.80. The number of carbonyl (C=O) groups excluding carboxylic acids is 1. The lowest BCUT2D eigenvalue weighted by Gasteiger charge is -2.38. The van der Waals surface area contributed by atoms with Crippen LogP contribution < -0.4 is 4.74 Å². The van der Waals surface area contributed by atoms with E-state index in [0.29, 0.717) is 24.5 Å². The molecule has 0 aliphatic carbocycles. The van der Waals surface area contributed by atoms with Gasteiger partial charge in [-0.2, -0.15) is 0 Å². The highest BCUT2D eigenvalue weighted by Gasteiger charge is 2.32. The number of hydrogen-bond acceptors (Lipinski definition) is 4. The van der Waals surface area contributed by atoms with Crippen LogP contribution >= 0.6 is 0 Å². The molecular weight excluding hydrogens is 254 g/mol. The highest BCUT2D eigenvalue weighted by molar-refractivity contribution is 5.94. The molecule has 3 rings (SSSR count). The zero-order chi connectivity index (χ0) is 13.9. The third-order valence-corrected chi connectivity index (χ3v) is 3.21. The van der Waals surface area contributed by atoms with Gasteiger partial charge in [-0.1, -0.05) is 6.07 Å². The molecule has 1 aliphatic heterocycles. The quantitative estimate of drug-likeness (QED) is 0.851. The lowest BCUT2D eigenvalue weighted by Crippen LogP contribution is -2.56. The molecule has 1 saturated heterocycles. The Morgan fingerprint density at radius 2 is 2.00 bits per heavy atom. The minimum atomic E-state index is 0.0180.